The van der Waals surface area contributed by atoms with Crippen molar-refractivity contribution in [3.8, 4) is 0 Å². The molecule has 0 saturated carbocycles. The van der Waals surface area contributed by atoms with Crippen molar-refractivity contribution in [3.63, 3.8) is 0 Å². The topological polar surface area (TPSA) is 79.6 Å². The summed E-state index contributed by atoms with van der Waals surface area (Å²) < 4.78 is 1.49. The van der Waals surface area contributed by atoms with E-state index < -0.39 is 11.9 Å². The van der Waals surface area contributed by atoms with Crippen molar-refractivity contribution in [1.82, 2.24) is 4.57 Å². The van der Waals surface area contributed by atoms with E-state index in [1.54, 1.807) is 47.5 Å². The number of aryl methyl sites for hydroxylation is 1. The number of carboxylic acid groups (broad SMARTS) is 1. The van der Waals surface area contributed by atoms with Crippen LogP contribution < -0.4 is 10.5 Å². The van der Waals surface area contributed by atoms with Crippen molar-refractivity contribution in [2.24, 2.45) is 0 Å². The molecule has 6 heteroatoms. The summed E-state index contributed by atoms with van der Waals surface area (Å²) in [5.74, 6) is -1.56. The summed E-state index contributed by atoms with van der Waals surface area (Å²) in [6.07, 6.45) is 2.24. The van der Waals surface area contributed by atoms with Crippen molar-refractivity contribution in [3.05, 3.63) is 64.6 Å². The summed E-state index contributed by atoms with van der Waals surface area (Å²) in [7, 11) is 0. The Labute approximate surface area is 139 Å². The first-order valence-electron chi connectivity index (χ1n) is 7.85. The maximum absolute atomic E-state index is 12.6. The van der Waals surface area contributed by atoms with Crippen LogP contribution in [0.3, 0.4) is 0 Å². The highest BCUT2D eigenvalue weighted by Crippen LogP contribution is 2.35. The second kappa shape index (κ2) is 6.70. The molecule has 2 heterocycles. The third-order valence-electron chi connectivity index (χ3n) is 4.31. The van der Waals surface area contributed by atoms with Crippen LogP contribution in [0.4, 0.5) is 5.69 Å². The number of aliphatic carboxylic acids is 1. The van der Waals surface area contributed by atoms with Gasteiger partial charge in [0.15, 0.2) is 0 Å². The van der Waals surface area contributed by atoms with Crippen LogP contribution in [0.15, 0.2) is 53.5 Å². The molecular weight excluding hydrogens is 308 g/mol. The zero-order valence-corrected chi connectivity index (χ0v) is 13.1. The molecule has 0 spiro atoms. The number of fused-ring (bicyclic) bond motifs is 1. The van der Waals surface area contributed by atoms with E-state index in [9.17, 15) is 19.5 Å². The minimum Gasteiger partial charge on any atom is -0.481 e. The fourth-order valence-electron chi connectivity index (χ4n) is 3.07. The highest BCUT2D eigenvalue weighted by Gasteiger charge is 2.31. The number of hydrogen-bond acceptors (Lipinski definition) is 3. The number of carboxylic acids is 1. The molecule has 1 unspecified atom stereocenters. The van der Waals surface area contributed by atoms with E-state index in [1.807, 2.05) is 0 Å². The lowest BCUT2D eigenvalue weighted by molar-refractivity contribution is -0.139. The van der Waals surface area contributed by atoms with Gasteiger partial charge in [0.05, 0.1) is 5.92 Å². The summed E-state index contributed by atoms with van der Waals surface area (Å²) >= 11 is 0. The van der Waals surface area contributed by atoms with Crippen LogP contribution >= 0.6 is 0 Å². The van der Waals surface area contributed by atoms with E-state index in [2.05, 4.69) is 0 Å². The molecule has 0 radical (unpaired) electrons. The summed E-state index contributed by atoms with van der Waals surface area (Å²) in [6.45, 7) is 0.677. The second-order valence-electron chi connectivity index (χ2n) is 5.77. The van der Waals surface area contributed by atoms with E-state index >= 15 is 0 Å². The van der Waals surface area contributed by atoms with Gasteiger partial charge in [0.2, 0.25) is 5.91 Å². The minimum absolute atomic E-state index is 0.109. The highest BCUT2D eigenvalue weighted by molar-refractivity contribution is 5.96. The maximum atomic E-state index is 12.6. The lowest BCUT2D eigenvalue weighted by Gasteiger charge is -2.32. The van der Waals surface area contributed by atoms with E-state index in [4.69, 9.17) is 0 Å². The van der Waals surface area contributed by atoms with Crippen LogP contribution in [-0.2, 0) is 16.1 Å². The normalized spacial score (nSPS) is 16.5. The Morgan fingerprint density at radius 2 is 1.88 bits per heavy atom. The number of aromatic nitrogens is 1. The zero-order valence-electron chi connectivity index (χ0n) is 13.1. The molecule has 6 nitrogen and oxygen atoms in total. The molecule has 1 amide bonds. The fourth-order valence-corrected chi connectivity index (χ4v) is 3.07. The zero-order chi connectivity index (χ0) is 17.1. The Balaban J connectivity index is 1.78. The van der Waals surface area contributed by atoms with Crippen LogP contribution in [0.25, 0.3) is 0 Å². The summed E-state index contributed by atoms with van der Waals surface area (Å²) in [4.78, 5) is 37.3. The molecule has 0 saturated heterocycles. The van der Waals surface area contributed by atoms with Gasteiger partial charge >= 0.3 is 5.97 Å². The van der Waals surface area contributed by atoms with Crippen LogP contribution in [0.2, 0.25) is 0 Å². The highest BCUT2D eigenvalue weighted by atomic mass is 16.4. The molecule has 1 aromatic carbocycles. The third-order valence-corrected chi connectivity index (χ3v) is 4.31. The number of para-hydroxylation sites is 1. The first kappa shape index (κ1) is 16.0. The number of carbonyl (C=O) groups is 2. The average molecular weight is 326 g/mol. The summed E-state index contributed by atoms with van der Waals surface area (Å²) in [6, 6.07) is 12.0. The third kappa shape index (κ3) is 3.08. The quantitative estimate of drug-likeness (QED) is 0.930. The number of pyridine rings is 1. The number of nitrogens with zero attached hydrogens (tertiary/aromatic N) is 2. The van der Waals surface area contributed by atoms with Gasteiger partial charge in [-0.05, 0) is 24.1 Å². The smallest absolute Gasteiger partial charge is 0.311 e. The number of benzene rings is 1. The van der Waals surface area contributed by atoms with Crippen molar-refractivity contribution in [2.45, 2.75) is 25.3 Å². The van der Waals surface area contributed by atoms with Crippen molar-refractivity contribution in [1.29, 1.82) is 0 Å². The van der Waals surface area contributed by atoms with Crippen LogP contribution in [0.5, 0.6) is 0 Å². The number of hydrogen-bond donors (Lipinski definition) is 1. The number of rotatable bonds is 4. The molecule has 1 N–H and O–H groups in total. The average Bonchev–Trinajstić information content (AvgIpc) is 2.59. The molecule has 24 heavy (non-hydrogen) atoms. The predicted octanol–water partition coefficient (Wildman–Crippen LogP) is 1.84. The first-order valence-corrected chi connectivity index (χ1v) is 7.85. The fraction of sp³-hybridized carbons (Fsp3) is 0.278. The van der Waals surface area contributed by atoms with Crippen LogP contribution in [0, 0.1) is 0 Å². The lowest BCUT2D eigenvalue weighted by atomic mass is 9.90. The number of anilines is 1. The molecule has 1 aliphatic rings. The van der Waals surface area contributed by atoms with Gasteiger partial charge in [-0.3, -0.25) is 14.4 Å². The van der Waals surface area contributed by atoms with Gasteiger partial charge < -0.3 is 14.6 Å². The van der Waals surface area contributed by atoms with Gasteiger partial charge in [-0.2, -0.15) is 0 Å². The molecule has 2 aromatic rings. The molecule has 1 aromatic heterocycles. The molecule has 0 aliphatic carbocycles. The summed E-state index contributed by atoms with van der Waals surface area (Å²) in [5, 5.41) is 9.35. The van der Waals surface area contributed by atoms with Crippen molar-refractivity contribution in [2.75, 3.05) is 11.4 Å². The molecule has 1 aliphatic heterocycles. The van der Waals surface area contributed by atoms with Gasteiger partial charge in [0.25, 0.3) is 5.56 Å². The Kier molecular flexibility index (Phi) is 4.46. The van der Waals surface area contributed by atoms with Crippen LogP contribution in [0.1, 0.15) is 24.3 Å². The van der Waals surface area contributed by atoms with Gasteiger partial charge in [0.1, 0.15) is 0 Å². The van der Waals surface area contributed by atoms with Gasteiger partial charge in [-0.15, -0.1) is 0 Å². The standard InChI is InChI=1S/C18H18N2O4/c21-16-7-3-4-10-19(16)11-9-17(22)20-12-8-14(18(23)24)13-5-1-2-6-15(13)20/h1-7,10,14H,8-9,11-12H2,(H,23,24). The molecular formula is C18H18N2O4. The number of amides is 1. The van der Waals surface area contributed by atoms with Gasteiger partial charge in [0, 0.05) is 37.5 Å². The minimum atomic E-state index is -0.870. The lowest BCUT2D eigenvalue weighted by Crippen LogP contribution is -2.38. The Morgan fingerprint density at radius 1 is 1.12 bits per heavy atom. The Morgan fingerprint density at radius 3 is 2.62 bits per heavy atom. The Hall–Kier alpha value is -2.89. The van der Waals surface area contributed by atoms with E-state index in [0.717, 1.165) is 0 Å². The number of carbonyl (C=O) groups excluding carboxylic acids is 1. The first-order chi connectivity index (χ1) is 11.6. The van der Waals surface area contributed by atoms with E-state index in [1.165, 1.54) is 10.6 Å². The molecule has 3 rings (SSSR count). The SMILES string of the molecule is O=C(O)C1CCN(C(=O)CCn2ccccc2=O)c2ccccc21. The molecule has 1 atom stereocenters. The predicted molar refractivity (Wildman–Crippen MR) is 89.1 cm³/mol. The molecule has 124 valence electrons. The molecule has 0 bridgehead atoms. The second-order valence-corrected chi connectivity index (χ2v) is 5.77. The van der Waals surface area contributed by atoms with E-state index in [0.29, 0.717) is 30.8 Å². The maximum Gasteiger partial charge on any atom is 0.311 e. The van der Waals surface area contributed by atoms with Crippen LogP contribution in [-0.4, -0.2) is 28.1 Å². The Bertz CT molecular complexity index is 828. The summed E-state index contributed by atoms with van der Waals surface area (Å²) in [5.41, 5.74) is 1.18. The monoisotopic (exact) mass is 326 g/mol. The molecule has 0 fully saturated rings. The van der Waals surface area contributed by atoms with Gasteiger partial charge in [-0.1, -0.05) is 24.3 Å². The van der Waals surface area contributed by atoms with Crippen molar-refractivity contribution < 1.29 is 14.7 Å². The van der Waals surface area contributed by atoms with E-state index in [-0.39, 0.29) is 17.9 Å². The van der Waals surface area contributed by atoms with Crippen molar-refractivity contribution >= 4 is 17.6 Å². The largest absolute Gasteiger partial charge is 0.481 e. The van der Waals surface area contributed by atoms with Gasteiger partial charge in [-0.25, -0.2) is 0 Å².